The third kappa shape index (κ3) is 3.98. The van der Waals surface area contributed by atoms with Crippen LogP contribution in [0.2, 0.25) is 0 Å². The highest BCUT2D eigenvalue weighted by Crippen LogP contribution is 2.41. The third-order valence-electron chi connectivity index (χ3n) is 3.46. The van der Waals surface area contributed by atoms with Crippen LogP contribution in [0.1, 0.15) is 37.3 Å². The molecule has 0 aliphatic heterocycles. The van der Waals surface area contributed by atoms with Crippen LogP contribution in [-0.2, 0) is 0 Å². The lowest BCUT2D eigenvalue weighted by atomic mass is 10.0. The third-order valence-corrected chi connectivity index (χ3v) is 5.89. The molecule has 1 N–H and O–H groups in total. The lowest BCUT2D eigenvalue weighted by Gasteiger charge is -2.20. The van der Waals surface area contributed by atoms with Crippen molar-refractivity contribution < 1.29 is 0 Å². The van der Waals surface area contributed by atoms with Gasteiger partial charge >= 0.3 is 0 Å². The molecule has 1 aromatic carbocycles. The van der Waals surface area contributed by atoms with Gasteiger partial charge < -0.3 is 5.32 Å². The van der Waals surface area contributed by atoms with Gasteiger partial charge in [0.15, 0.2) is 0 Å². The van der Waals surface area contributed by atoms with Crippen molar-refractivity contribution in [1.29, 1.82) is 0 Å². The molecule has 0 fully saturated rings. The van der Waals surface area contributed by atoms with E-state index in [0.29, 0.717) is 12.0 Å². The van der Waals surface area contributed by atoms with Crippen LogP contribution < -0.4 is 5.32 Å². The molecule has 1 heterocycles. The first-order chi connectivity index (χ1) is 9.93. The van der Waals surface area contributed by atoms with Gasteiger partial charge in [0.2, 0.25) is 0 Å². The predicted octanol–water partition coefficient (Wildman–Crippen LogP) is 6.56. The first-order valence-corrected chi connectivity index (χ1v) is 9.63. The van der Waals surface area contributed by atoms with Crippen molar-refractivity contribution in [2.24, 2.45) is 5.92 Å². The molecule has 2 rings (SSSR count). The average molecular weight is 431 g/mol. The maximum absolute atomic E-state index is 3.70. The van der Waals surface area contributed by atoms with Crippen LogP contribution in [0.15, 0.2) is 33.2 Å². The van der Waals surface area contributed by atoms with Crippen LogP contribution in [0.5, 0.6) is 0 Å². The molecular formula is C17H21Br2NS. The van der Waals surface area contributed by atoms with Crippen molar-refractivity contribution in [3.8, 4) is 10.4 Å². The van der Waals surface area contributed by atoms with Crippen LogP contribution >= 0.6 is 43.2 Å². The summed E-state index contributed by atoms with van der Waals surface area (Å²) in [6.07, 6.45) is 0. The number of thiophene rings is 1. The van der Waals surface area contributed by atoms with Crippen LogP contribution in [-0.4, -0.2) is 6.54 Å². The lowest BCUT2D eigenvalue weighted by molar-refractivity contribution is 0.428. The number of aryl methyl sites for hydroxylation is 1. The molecule has 0 aliphatic rings. The van der Waals surface area contributed by atoms with E-state index >= 15 is 0 Å². The van der Waals surface area contributed by atoms with Crippen LogP contribution in [0, 0.1) is 12.8 Å². The van der Waals surface area contributed by atoms with E-state index in [9.17, 15) is 0 Å². The fourth-order valence-corrected chi connectivity index (χ4v) is 5.91. The molecule has 0 aliphatic carbocycles. The van der Waals surface area contributed by atoms with Gasteiger partial charge in [-0.25, -0.2) is 0 Å². The number of nitrogens with one attached hydrogen (secondary N) is 1. The Labute approximate surface area is 148 Å². The van der Waals surface area contributed by atoms with E-state index in [1.165, 1.54) is 20.9 Å². The molecule has 2 aromatic rings. The zero-order chi connectivity index (χ0) is 15.6. The topological polar surface area (TPSA) is 12.0 Å². The van der Waals surface area contributed by atoms with E-state index in [0.717, 1.165) is 15.5 Å². The van der Waals surface area contributed by atoms with Crippen molar-refractivity contribution >= 4 is 43.2 Å². The Balaban J connectivity index is 2.40. The molecule has 0 spiro atoms. The largest absolute Gasteiger partial charge is 0.309 e. The minimum absolute atomic E-state index is 0.428. The summed E-state index contributed by atoms with van der Waals surface area (Å²) in [7, 11) is 0. The molecular weight excluding hydrogens is 410 g/mol. The molecule has 1 atom stereocenters. The number of hydrogen-bond donors (Lipinski definition) is 1. The molecule has 21 heavy (non-hydrogen) atoms. The van der Waals surface area contributed by atoms with E-state index in [1.807, 2.05) is 11.3 Å². The average Bonchev–Trinajstić information content (AvgIpc) is 2.83. The van der Waals surface area contributed by atoms with Gasteiger partial charge in [-0.2, -0.15) is 0 Å². The minimum atomic E-state index is 0.428. The smallest absolute Gasteiger partial charge is 0.0438 e. The summed E-state index contributed by atoms with van der Waals surface area (Å²) in [5.41, 5.74) is 2.50. The number of halogens is 2. The van der Waals surface area contributed by atoms with Crippen molar-refractivity contribution in [1.82, 2.24) is 5.32 Å². The SMILES string of the molecule is CCNC(c1ccc(-c2c(Br)cc(C)cc2Br)s1)C(C)C. The van der Waals surface area contributed by atoms with Gasteiger partial charge in [0, 0.05) is 30.3 Å². The van der Waals surface area contributed by atoms with Gasteiger partial charge in [-0.1, -0.05) is 52.6 Å². The molecule has 0 radical (unpaired) electrons. The molecule has 0 amide bonds. The highest BCUT2D eigenvalue weighted by Gasteiger charge is 2.18. The van der Waals surface area contributed by atoms with E-state index < -0.39 is 0 Å². The fraction of sp³-hybridized carbons (Fsp3) is 0.412. The second-order valence-electron chi connectivity index (χ2n) is 5.58. The highest BCUT2D eigenvalue weighted by molar-refractivity contribution is 9.11. The van der Waals surface area contributed by atoms with E-state index in [2.05, 4.69) is 89.1 Å². The fourth-order valence-electron chi connectivity index (χ4n) is 2.47. The Kier molecular flexibility index (Phi) is 6.06. The Bertz CT molecular complexity index is 596. The monoisotopic (exact) mass is 429 g/mol. The van der Waals surface area contributed by atoms with Crippen molar-refractivity contribution in [2.75, 3.05) is 6.54 Å². The minimum Gasteiger partial charge on any atom is -0.309 e. The zero-order valence-electron chi connectivity index (χ0n) is 12.8. The summed E-state index contributed by atoms with van der Waals surface area (Å²) in [5, 5.41) is 3.59. The van der Waals surface area contributed by atoms with Crippen LogP contribution in [0.25, 0.3) is 10.4 Å². The van der Waals surface area contributed by atoms with Gasteiger partial charge in [-0.05, 0) is 49.2 Å². The summed E-state index contributed by atoms with van der Waals surface area (Å²) < 4.78 is 2.29. The molecule has 0 saturated carbocycles. The summed E-state index contributed by atoms with van der Waals surface area (Å²) >= 11 is 9.28. The number of rotatable bonds is 5. The normalized spacial score (nSPS) is 12.9. The summed E-state index contributed by atoms with van der Waals surface area (Å²) in [6.45, 7) is 9.80. The van der Waals surface area contributed by atoms with Gasteiger partial charge in [-0.15, -0.1) is 11.3 Å². The maximum Gasteiger partial charge on any atom is 0.0438 e. The molecule has 4 heteroatoms. The second kappa shape index (κ2) is 7.40. The number of benzene rings is 1. The van der Waals surface area contributed by atoms with Crippen molar-refractivity contribution in [3.05, 3.63) is 43.7 Å². The Morgan fingerprint density at radius 2 is 1.76 bits per heavy atom. The quantitative estimate of drug-likeness (QED) is 0.566. The standard InChI is InChI=1S/C17H21Br2NS/c1-5-20-17(10(2)3)15-7-6-14(21-15)16-12(18)8-11(4)9-13(16)19/h6-10,17,20H,5H2,1-4H3. The molecule has 1 unspecified atom stereocenters. The van der Waals surface area contributed by atoms with Crippen LogP contribution in [0.4, 0.5) is 0 Å². The summed E-state index contributed by atoms with van der Waals surface area (Å²) in [5.74, 6) is 0.585. The molecule has 1 aromatic heterocycles. The van der Waals surface area contributed by atoms with Gasteiger partial charge in [0.05, 0.1) is 0 Å². The Morgan fingerprint density at radius 3 is 2.29 bits per heavy atom. The summed E-state index contributed by atoms with van der Waals surface area (Å²) in [6, 6.07) is 9.25. The highest BCUT2D eigenvalue weighted by atomic mass is 79.9. The second-order valence-corrected chi connectivity index (χ2v) is 8.41. The van der Waals surface area contributed by atoms with E-state index in [4.69, 9.17) is 0 Å². The van der Waals surface area contributed by atoms with E-state index in [-0.39, 0.29) is 0 Å². The van der Waals surface area contributed by atoms with Crippen LogP contribution in [0.3, 0.4) is 0 Å². The first-order valence-electron chi connectivity index (χ1n) is 7.23. The Hall–Kier alpha value is -0.160. The first kappa shape index (κ1) is 17.2. The van der Waals surface area contributed by atoms with Gasteiger partial charge in [0.1, 0.15) is 0 Å². The predicted molar refractivity (Wildman–Crippen MR) is 101 cm³/mol. The Morgan fingerprint density at radius 1 is 1.14 bits per heavy atom. The molecule has 114 valence electrons. The number of hydrogen-bond acceptors (Lipinski definition) is 2. The maximum atomic E-state index is 3.70. The van der Waals surface area contributed by atoms with Crippen molar-refractivity contribution in [2.45, 2.75) is 33.7 Å². The zero-order valence-corrected chi connectivity index (χ0v) is 16.8. The molecule has 0 bridgehead atoms. The van der Waals surface area contributed by atoms with E-state index in [1.54, 1.807) is 0 Å². The molecule has 0 saturated heterocycles. The lowest BCUT2D eigenvalue weighted by Crippen LogP contribution is -2.24. The summed E-state index contributed by atoms with van der Waals surface area (Å²) in [4.78, 5) is 2.70. The molecule has 1 nitrogen and oxygen atoms in total. The van der Waals surface area contributed by atoms with Crippen molar-refractivity contribution in [3.63, 3.8) is 0 Å². The van der Waals surface area contributed by atoms with Gasteiger partial charge in [-0.3, -0.25) is 0 Å². The van der Waals surface area contributed by atoms with Gasteiger partial charge in [0.25, 0.3) is 0 Å².